The van der Waals surface area contributed by atoms with Crippen LogP contribution in [0.5, 0.6) is 0 Å². The maximum Gasteiger partial charge on any atom is 0.230 e. The molecule has 3 rings (SSSR count). The molecular weight excluding hydrogens is 298 g/mol. The molecule has 1 aliphatic carbocycles. The lowest BCUT2D eigenvalue weighted by molar-refractivity contribution is -0.118. The number of thioether (sulfide) groups is 1. The van der Waals surface area contributed by atoms with Gasteiger partial charge in [-0.25, -0.2) is 4.98 Å². The summed E-state index contributed by atoms with van der Waals surface area (Å²) in [7, 11) is 0. The molecule has 0 atom stereocenters. The fourth-order valence-corrected chi connectivity index (χ4v) is 3.75. The van der Waals surface area contributed by atoms with Gasteiger partial charge in [0.05, 0.1) is 24.3 Å². The van der Waals surface area contributed by atoms with Crippen LogP contribution in [0.2, 0.25) is 0 Å². The summed E-state index contributed by atoms with van der Waals surface area (Å²) in [6.45, 7) is 0.369. The third-order valence-electron chi connectivity index (χ3n) is 3.73. The molecule has 0 spiro atoms. The van der Waals surface area contributed by atoms with Gasteiger partial charge in [-0.2, -0.15) is 0 Å². The smallest absolute Gasteiger partial charge is 0.230 e. The van der Waals surface area contributed by atoms with E-state index in [0.717, 1.165) is 5.69 Å². The molecular formula is C16H19N3O2S. The van der Waals surface area contributed by atoms with Crippen molar-refractivity contribution in [1.82, 2.24) is 15.3 Å². The molecule has 2 aromatic heterocycles. The average Bonchev–Trinajstić information content (AvgIpc) is 3.24. The van der Waals surface area contributed by atoms with Crippen molar-refractivity contribution in [3.05, 3.63) is 36.5 Å². The van der Waals surface area contributed by atoms with E-state index in [1.54, 1.807) is 30.4 Å². The molecule has 2 heterocycles. The molecule has 1 saturated carbocycles. The normalized spacial score (nSPS) is 15.1. The maximum absolute atomic E-state index is 12.0. The summed E-state index contributed by atoms with van der Waals surface area (Å²) in [5.74, 6) is 1.23. The van der Waals surface area contributed by atoms with Gasteiger partial charge >= 0.3 is 0 Å². The minimum absolute atomic E-state index is 0.0490. The zero-order valence-electron chi connectivity index (χ0n) is 12.3. The van der Waals surface area contributed by atoms with Crippen LogP contribution in [0.4, 0.5) is 0 Å². The molecule has 2 aromatic rings. The molecule has 0 bridgehead atoms. The SMILES string of the molecule is O=C(CSC1CCCC1)NCc1nccnc1-c1ccco1. The van der Waals surface area contributed by atoms with Crippen LogP contribution in [0, 0.1) is 0 Å². The van der Waals surface area contributed by atoms with Gasteiger partial charge in [0.2, 0.25) is 5.91 Å². The fourth-order valence-electron chi connectivity index (χ4n) is 2.60. The Morgan fingerprint density at radius 2 is 2.14 bits per heavy atom. The van der Waals surface area contributed by atoms with Crippen LogP contribution in [-0.2, 0) is 11.3 Å². The molecule has 5 nitrogen and oxygen atoms in total. The van der Waals surface area contributed by atoms with Gasteiger partial charge in [-0.3, -0.25) is 9.78 Å². The summed E-state index contributed by atoms with van der Waals surface area (Å²) in [5, 5.41) is 3.57. The second-order valence-electron chi connectivity index (χ2n) is 5.32. The number of furan rings is 1. The van der Waals surface area contributed by atoms with Crippen LogP contribution in [0.1, 0.15) is 31.4 Å². The minimum Gasteiger partial charge on any atom is -0.463 e. The summed E-state index contributed by atoms with van der Waals surface area (Å²) in [5.41, 5.74) is 1.40. The summed E-state index contributed by atoms with van der Waals surface area (Å²) in [6.07, 6.45) is 9.93. The average molecular weight is 317 g/mol. The summed E-state index contributed by atoms with van der Waals surface area (Å²) in [4.78, 5) is 20.6. The molecule has 0 unspecified atom stereocenters. The number of nitrogens with zero attached hydrogens (tertiary/aromatic N) is 2. The van der Waals surface area contributed by atoms with Crippen molar-refractivity contribution in [3.8, 4) is 11.5 Å². The Labute approximate surface area is 133 Å². The van der Waals surface area contributed by atoms with Gasteiger partial charge in [0.25, 0.3) is 0 Å². The van der Waals surface area contributed by atoms with Crippen molar-refractivity contribution in [1.29, 1.82) is 0 Å². The second kappa shape index (κ2) is 7.45. The Kier molecular flexibility index (Phi) is 5.11. The summed E-state index contributed by atoms with van der Waals surface area (Å²) in [6, 6.07) is 3.65. The van der Waals surface area contributed by atoms with Crippen molar-refractivity contribution in [2.45, 2.75) is 37.5 Å². The molecule has 6 heteroatoms. The molecule has 0 aromatic carbocycles. The third-order valence-corrected chi connectivity index (χ3v) is 5.11. The van der Waals surface area contributed by atoms with Crippen LogP contribution >= 0.6 is 11.8 Å². The first-order valence-electron chi connectivity index (χ1n) is 7.55. The molecule has 1 amide bonds. The Balaban J connectivity index is 1.54. The van der Waals surface area contributed by atoms with Gasteiger partial charge in [0.15, 0.2) is 5.76 Å². The van der Waals surface area contributed by atoms with E-state index < -0.39 is 0 Å². The van der Waals surface area contributed by atoms with E-state index in [1.807, 2.05) is 12.1 Å². The topological polar surface area (TPSA) is 68.0 Å². The van der Waals surface area contributed by atoms with Crippen molar-refractivity contribution in [2.75, 3.05) is 5.75 Å². The number of carbonyl (C=O) groups is 1. The molecule has 0 radical (unpaired) electrons. The lowest BCUT2D eigenvalue weighted by Gasteiger charge is -2.10. The van der Waals surface area contributed by atoms with Gasteiger partial charge < -0.3 is 9.73 Å². The van der Waals surface area contributed by atoms with E-state index in [1.165, 1.54) is 25.7 Å². The van der Waals surface area contributed by atoms with Crippen molar-refractivity contribution in [3.63, 3.8) is 0 Å². The van der Waals surface area contributed by atoms with Crippen molar-refractivity contribution in [2.24, 2.45) is 0 Å². The lowest BCUT2D eigenvalue weighted by atomic mass is 10.2. The van der Waals surface area contributed by atoms with Crippen LogP contribution in [0.15, 0.2) is 35.2 Å². The predicted molar refractivity (Wildman–Crippen MR) is 86.3 cm³/mol. The number of hydrogen-bond donors (Lipinski definition) is 1. The lowest BCUT2D eigenvalue weighted by Crippen LogP contribution is -2.26. The van der Waals surface area contributed by atoms with Crippen molar-refractivity contribution >= 4 is 17.7 Å². The molecule has 0 saturated heterocycles. The maximum atomic E-state index is 12.0. The molecule has 1 N–H and O–H groups in total. The third kappa shape index (κ3) is 3.88. The largest absolute Gasteiger partial charge is 0.463 e. The van der Waals surface area contributed by atoms with Gasteiger partial charge in [-0.1, -0.05) is 12.8 Å². The van der Waals surface area contributed by atoms with E-state index in [0.29, 0.717) is 29.0 Å². The quantitative estimate of drug-likeness (QED) is 0.887. The highest BCUT2D eigenvalue weighted by Crippen LogP contribution is 2.29. The molecule has 0 aliphatic heterocycles. The highest BCUT2D eigenvalue weighted by Gasteiger charge is 2.17. The van der Waals surface area contributed by atoms with Crippen LogP contribution in [0.3, 0.4) is 0 Å². The van der Waals surface area contributed by atoms with Gasteiger partial charge in [0.1, 0.15) is 5.69 Å². The van der Waals surface area contributed by atoms with Crippen LogP contribution < -0.4 is 5.32 Å². The fraction of sp³-hybridized carbons (Fsp3) is 0.438. The number of aromatic nitrogens is 2. The van der Waals surface area contributed by atoms with E-state index in [9.17, 15) is 4.79 Å². The number of rotatable bonds is 6. The zero-order valence-corrected chi connectivity index (χ0v) is 13.1. The van der Waals surface area contributed by atoms with E-state index in [4.69, 9.17) is 4.42 Å². The first kappa shape index (κ1) is 15.1. The van der Waals surface area contributed by atoms with Crippen LogP contribution in [-0.4, -0.2) is 26.9 Å². The number of amides is 1. The number of carbonyl (C=O) groups excluding carboxylic acids is 1. The first-order chi connectivity index (χ1) is 10.8. The Morgan fingerprint density at radius 1 is 1.32 bits per heavy atom. The Bertz CT molecular complexity index is 610. The van der Waals surface area contributed by atoms with E-state index in [-0.39, 0.29) is 5.91 Å². The van der Waals surface area contributed by atoms with Gasteiger partial charge in [-0.05, 0) is 25.0 Å². The highest BCUT2D eigenvalue weighted by molar-refractivity contribution is 8.00. The summed E-state index contributed by atoms with van der Waals surface area (Å²) < 4.78 is 5.36. The Hall–Kier alpha value is -1.82. The van der Waals surface area contributed by atoms with Gasteiger partial charge in [0, 0.05) is 17.6 Å². The molecule has 116 valence electrons. The number of nitrogens with one attached hydrogen (secondary N) is 1. The van der Waals surface area contributed by atoms with Gasteiger partial charge in [-0.15, -0.1) is 11.8 Å². The minimum atomic E-state index is 0.0490. The Morgan fingerprint density at radius 3 is 2.91 bits per heavy atom. The van der Waals surface area contributed by atoms with Crippen molar-refractivity contribution < 1.29 is 9.21 Å². The molecule has 1 fully saturated rings. The predicted octanol–water partition coefficient (Wildman–Crippen LogP) is 3.03. The standard InChI is InChI=1S/C16H19N3O2S/c20-15(11-22-12-4-1-2-5-12)19-10-13-16(18-8-7-17-13)14-6-3-9-21-14/h3,6-9,12H,1-2,4-5,10-11H2,(H,19,20). The van der Waals surface area contributed by atoms with E-state index in [2.05, 4.69) is 15.3 Å². The summed E-state index contributed by atoms with van der Waals surface area (Å²) >= 11 is 1.76. The monoisotopic (exact) mass is 317 g/mol. The van der Waals surface area contributed by atoms with Crippen LogP contribution in [0.25, 0.3) is 11.5 Å². The second-order valence-corrected chi connectivity index (χ2v) is 6.61. The molecule has 1 aliphatic rings. The highest BCUT2D eigenvalue weighted by atomic mass is 32.2. The zero-order chi connectivity index (χ0) is 15.2. The van der Waals surface area contributed by atoms with E-state index >= 15 is 0 Å². The first-order valence-corrected chi connectivity index (χ1v) is 8.60. The molecule has 22 heavy (non-hydrogen) atoms. The number of hydrogen-bond acceptors (Lipinski definition) is 5.